The fraction of sp³-hybridized carbons (Fsp3) is 0.967. The van der Waals surface area contributed by atoms with Crippen molar-refractivity contribution in [2.45, 2.75) is 105 Å². The van der Waals surface area contributed by atoms with E-state index in [1.807, 2.05) is 0 Å². The van der Waals surface area contributed by atoms with Crippen LogP contribution in [-0.2, 0) is 9.47 Å². The smallest absolute Gasteiger partial charge is 0.146 e. The van der Waals surface area contributed by atoms with Crippen LogP contribution >= 0.6 is 0 Å². The Morgan fingerprint density at radius 2 is 1.85 bits per heavy atom. The lowest BCUT2D eigenvalue weighted by molar-refractivity contribution is -0.244. The van der Waals surface area contributed by atoms with Gasteiger partial charge in [0.1, 0.15) is 6.79 Å². The van der Waals surface area contributed by atoms with Crippen LogP contribution in [-0.4, -0.2) is 20.0 Å². The second-order valence-corrected chi connectivity index (χ2v) is 13.4. The molecule has 3 heteroatoms. The van der Waals surface area contributed by atoms with E-state index in [-0.39, 0.29) is 0 Å². The molecule has 0 N–H and O–H groups in total. The third kappa shape index (κ3) is 4.10. The lowest BCUT2D eigenvalue weighted by atomic mass is 9.39. The van der Waals surface area contributed by atoms with Gasteiger partial charge in [0.25, 0.3) is 0 Å². The van der Waals surface area contributed by atoms with E-state index >= 15 is 0 Å². The Morgan fingerprint density at radius 3 is 2.52 bits per heavy atom. The lowest BCUT2D eigenvalue weighted by Crippen LogP contribution is -2.64. The van der Waals surface area contributed by atoms with Crippen LogP contribution in [0.1, 0.15) is 99.3 Å². The molecule has 188 valence electrons. The van der Waals surface area contributed by atoms with Gasteiger partial charge in [-0.25, -0.2) is 0 Å². The van der Waals surface area contributed by atoms with Crippen molar-refractivity contribution in [2.75, 3.05) is 13.9 Å². The zero-order valence-electron chi connectivity index (χ0n) is 22.6. The summed E-state index contributed by atoms with van der Waals surface area (Å²) in [6, 6.07) is 2.41. The summed E-state index contributed by atoms with van der Waals surface area (Å²) >= 11 is 0. The molecule has 0 aromatic heterocycles. The van der Waals surface area contributed by atoms with Crippen molar-refractivity contribution in [2.24, 2.45) is 64.1 Å². The minimum atomic E-state index is 0.337. The third-order valence-corrected chi connectivity index (χ3v) is 11.7. The van der Waals surface area contributed by atoms with Gasteiger partial charge in [-0.1, -0.05) is 54.4 Å². The summed E-state index contributed by atoms with van der Waals surface area (Å²) in [5.41, 5.74) is 0.837. The molecule has 0 spiro atoms. The third-order valence-electron chi connectivity index (χ3n) is 11.7. The van der Waals surface area contributed by atoms with Crippen LogP contribution < -0.4 is 0 Å². The van der Waals surface area contributed by atoms with Gasteiger partial charge in [0, 0.05) is 13.5 Å². The largest absolute Gasteiger partial charge is 0.359 e. The van der Waals surface area contributed by atoms with Gasteiger partial charge in [0.2, 0.25) is 0 Å². The molecule has 4 saturated carbocycles. The minimum Gasteiger partial charge on any atom is -0.359 e. The zero-order valence-corrected chi connectivity index (χ0v) is 22.6. The standard InChI is InChI=1S/C30H51NO2/c1-8-22-25-16-19(2)13-14-29(25,5)27-21(4)17-30(6)23(20(3)10-9-15-31)11-12-24(30)26(27)28(22)33-18-32-7/h19-28H,8-14,16-18H2,1-7H3/t19-,20-,21+,22-,23-,24?,25+,26?,27?,28-,29+,30-/m1/s1. The number of nitrogens with zero attached hydrogens (tertiary/aromatic N) is 1. The number of nitriles is 1. The van der Waals surface area contributed by atoms with E-state index in [0.29, 0.717) is 47.9 Å². The molecule has 0 heterocycles. The molecule has 12 atom stereocenters. The van der Waals surface area contributed by atoms with Gasteiger partial charge in [0.05, 0.1) is 12.2 Å². The first-order chi connectivity index (χ1) is 15.7. The van der Waals surface area contributed by atoms with Crippen LogP contribution in [0.3, 0.4) is 0 Å². The quantitative estimate of drug-likeness (QED) is 0.368. The minimum absolute atomic E-state index is 0.337. The van der Waals surface area contributed by atoms with E-state index in [1.54, 1.807) is 7.11 Å². The van der Waals surface area contributed by atoms with Crippen molar-refractivity contribution in [3.63, 3.8) is 0 Å². The highest BCUT2D eigenvalue weighted by molar-refractivity contribution is 5.15. The summed E-state index contributed by atoms with van der Waals surface area (Å²) in [7, 11) is 1.78. The van der Waals surface area contributed by atoms with Gasteiger partial charge in [0.15, 0.2) is 0 Å². The first-order valence-electron chi connectivity index (χ1n) is 14.2. The fourth-order valence-electron chi connectivity index (χ4n) is 10.7. The Labute approximate surface area is 204 Å². The maximum Gasteiger partial charge on any atom is 0.146 e. The van der Waals surface area contributed by atoms with Crippen molar-refractivity contribution in [3.05, 3.63) is 0 Å². The molecular weight excluding hydrogens is 406 g/mol. The van der Waals surface area contributed by atoms with Gasteiger partial charge in [-0.2, -0.15) is 5.26 Å². The summed E-state index contributed by atoms with van der Waals surface area (Å²) < 4.78 is 12.2. The fourth-order valence-corrected chi connectivity index (χ4v) is 10.7. The molecular formula is C30H51NO2. The molecule has 0 amide bonds. The van der Waals surface area contributed by atoms with E-state index in [4.69, 9.17) is 9.47 Å². The number of rotatable bonds is 7. The van der Waals surface area contributed by atoms with Gasteiger partial charge < -0.3 is 9.47 Å². The summed E-state index contributed by atoms with van der Waals surface area (Å²) in [5.74, 6) is 6.59. The van der Waals surface area contributed by atoms with Crippen LogP contribution in [0.15, 0.2) is 0 Å². The second-order valence-electron chi connectivity index (χ2n) is 13.4. The van der Waals surface area contributed by atoms with Gasteiger partial charge in [-0.05, 0) is 103 Å². The SMILES string of the molecule is CC[C@H]1[C@@H](OCOC)C2C3CC[C@H]([C@H](C)CCC#N)[C@@]3(C)C[C@H](C)C2[C@@]2(C)CC[C@@H](C)C[C@@H]12. The van der Waals surface area contributed by atoms with Crippen LogP contribution in [0.5, 0.6) is 0 Å². The van der Waals surface area contributed by atoms with Crippen molar-refractivity contribution < 1.29 is 9.47 Å². The Hall–Kier alpha value is -0.590. The highest BCUT2D eigenvalue weighted by Gasteiger charge is 2.66. The highest BCUT2D eigenvalue weighted by Crippen LogP contribution is 2.71. The molecule has 0 radical (unpaired) electrons. The van der Waals surface area contributed by atoms with E-state index in [2.05, 4.69) is 47.6 Å². The maximum absolute atomic E-state index is 9.20. The van der Waals surface area contributed by atoms with E-state index < -0.39 is 0 Å². The Bertz CT molecular complexity index is 717. The average Bonchev–Trinajstić information content (AvgIpc) is 3.12. The Morgan fingerprint density at radius 1 is 1.09 bits per heavy atom. The van der Waals surface area contributed by atoms with Gasteiger partial charge in [-0.15, -0.1) is 0 Å². The van der Waals surface area contributed by atoms with Crippen molar-refractivity contribution in [1.29, 1.82) is 5.26 Å². The predicted octanol–water partition coefficient (Wildman–Crippen LogP) is 7.70. The molecule has 3 unspecified atom stereocenters. The van der Waals surface area contributed by atoms with Gasteiger partial charge in [-0.3, -0.25) is 0 Å². The van der Waals surface area contributed by atoms with Crippen LogP contribution in [0, 0.1) is 75.4 Å². The molecule has 4 rings (SSSR count). The topological polar surface area (TPSA) is 42.2 Å². The van der Waals surface area contributed by atoms with Crippen molar-refractivity contribution >= 4 is 0 Å². The molecule has 0 aromatic carbocycles. The molecule has 0 aromatic rings. The Balaban J connectivity index is 1.73. The summed E-state index contributed by atoms with van der Waals surface area (Å²) in [6.45, 7) is 15.7. The maximum atomic E-state index is 9.20. The van der Waals surface area contributed by atoms with Crippen LogP contribution in [0.2, 0.25) is 0 Å². The molecule has 0 saturated heterocycles. The van der Waals surface area contributed by atoms with E-state index in [1.165, 1.54) is 44.9 Å². The Kier molecular flexibility index (Phi) is 7.58. The van der Waals surface area contributed by atoms with Crippen LogP contribution in [0.4, 0.5) is 0 Å². The summed E-state index contributed by atoms with van der Waals surface area (Å²) in [6.07, 6.45) is 11.6. The first-order valence-corrected chi connectivity index (χ1v) is 14.2. The zero-order chi connectivity index (χ0) is 24.0. The van der Waals surface area contributed by atoms with Crippen molar-refractivity contribution in [3.8, 4) is 6.07 Å². The molecule has 4 aliphatic rings. The molecule has 0 aliphatic heterocycles. The normalized spacial score (nSPS) is 50.1. The second kappa shape index (κ2) is 9.81. The molecule has 33 heavy (non-hydrogen) atoms. The number of hydrogen-bond acceptors (Lipinski definition) is 3. The summed E-state index contributed by atoms with van der Waals surface area (Å²) in [4.78, 5) is 0. The average molecular weight is 458 g/mol. The first kappa shape index (κ1) is 25.5. The van der Waals surface area contributed by atoms with Crippen molar-refractivity contribution in [1.82, 2.24) is 0 Å². The number of hydrogen-bond donors (Lipinski definition) is 0. The number of ether oxygens (including phenoxy) is 2. The van der Waals surface area contributed by atoms with Crippen LogP contribution in [0.25, 0.3) is 0 Å². The van der Waals surface area contributed by atoms with E-state index in [9.17, 15) is 5.26 Å². The number of fused-ring (bicyclic) bond motifs is 5. The van der Waals surface area contributed by atoms with Gasteiger partial charge >= 0.3 is 0 Å². The molecule has 3 nitrogen and oxygen atoms in total. The summed E-state index contributed by atoms with van der Waals surface area (Å²) in [5, 5.41) is 9.20. The molecule has 4 aliphatic carbocycles. The molecule has 4 fully saturated rings. The monoisotopic (exact) mass is 457 g/mol. The molecule has 0 bridgehead atoms. The van der Waals surface area contributed by atoms with E-state index in [0.717, 1.165) is 41.9 Å². The lowest BCUT2D eigenvalue weighted by Gasteiger charge is -2.67. The predicted molar refractivity (Wildman–Crippen MR) is 134 cm³/mol. The highest BCUT2D eigenvalue weighted by atomic mass is 16.7. The number of methoxy groups -OCH3 is 1.